The third kappa shape index (κ3) is 7.68. The fraction of sp³-hybridized carbons (Fsp3) is 0.407. The van der Waals surface area contributed by atoms with Crippen LogP contribution in [0.1, 0.15) is 64.7 Å². The van der Waals surface area contributed by atoms with Crippen LogP contribution in [-0.4, -0.2) is 71.5 Å². The zero-order valence-corrected chi connectivity index (χ0v) is 23.6. The summed E-state index contributed by atoms with van der Waals surface area (Å²) in [4.78, 5) is 66.0. The molecule has 0 spiro atoms. The van der Waals surface area contributed by atoms with Gasteiger partial charge in [-0.2, -0.15) is 0 Å². The summed E-state index contributed by atoms with van der Waals surface area (Å²) in [6, 6.07) is 4.18. The number of nitrogens with one attached hydrogen (secondary N) is 2. The summed E-state index contributed by atoms with van der Waals surface area (Å²) in [5, 5.41) is 4.96. The number of benzene rings is 1. The summed E-state index contributed by atoms with van der Waals surface area (Å²) in [6.07, 6.45) is 1.33. The van der Waals surface area contributed by atoms with Crippen molar-refractivity contribution in [2.45, 2.75) is 47.1 Å². The summed E-state index contributed by atoms with van der Waals surface area (Å²) in [5.41, 5.74) is 9.25. The number of rotatable bonds is 12. The van der Waals surface area contributed by atoms with Crippen LogP contribution in [0.3, 0.4) is 0 Å². The van der Waals surface area contributed by atoms with Crippen LogP contribution in [0.25, 0.3) is 0 Å². The van der Waals surface area contributed by atoms with Gasteiger partial charge in [-0.25, -0.2) is 19.5 Å². The summed E-state index contributed by atoms with van der Waals surface area (Å²) < 4.78 is 11.4. The first-order valence-electron chi connectivity index (χ1n) is 12.7. The predicted molar refractivity (Wildman–Crippen MR) is 147 cm³/mol. The number of aromatic nitrogens is 1. The second-order valence-electron chi connectivity index (χ2n) is 8.94. The van der Waals surface area contributed by atoms with Crippen molar-refractivity contribution in [2.24, 2.45) is 17.8 Å². The molecule has 0 aliphatic carbocycles. The minimum atomic E-state index is -1.00. The van der Waals surface area contributed by atoms with Gasteiger partial charge in [0.05, 0.1) is 16.9 Å². The Kier molecular flexibility index (Phi) is 11.4. The van der Waals surface area contributed by atoms with Gasteiger partial charge >= 0.3 is 12.1 Å². The van der Waals surface area contributed by atoms with Crippen molar-refractivity contribution in [1.82, 2.24) is 20.1 Å². The first-order valence-corrected chi connectivity index (χ1v) is 12.7. The first-order chi connectivity index (χ1) is 19.0. The van der Waals surface area contributed by atoms with E-state index in [2.05, 4.69) is 15.6 Å². The van der Waals surface area contributed by atoms with E-state index < -0.39 is 30.8 Å². The molecule has 1 aromatic carbocycles. The van der Waals surface area contributed by atoms with E-state index in [9.17, 15) is 24.0 Å². The molecule has 1 unspecified atom stereocenters. The van der Waals surface area contributed by atoms with Gasteiger partial charge in [-0.05, 0) is 57.4 Å². The predicted octanol–water partition coefficient (Wildman–Crippen LogP) is 2.05. The molecule has 0 saturated carbocycles. The number of hydrogen-bond acceptors (Lipinski definition) is 8. The molecule has 0 aliphatic rings. The van der Waals surface area contributed by atoms with Gasteiger partial charge in [-0.15, -0.1) is 0 Å². The minimum absolute atomic E-state index is 0.0494. The molecular formula is C27H36N6O7. The SMILES string of the molecule is CCCN(C(=O)OCOC(=O)C(C)NC=O)C(=O)c1cn(C)c(C(N)=Nc2cc(C(=O)NCC)ccc2C)c1C. The van der Waals surface area contributed by atoms with E-state index in [1.807, 2.05) is 13.8 Å². The number of hydrogen-bond donors (Lipinski definition) is 3. The van der Waals surface area contributed by atoms with Crippen LogP contribution in [0.4, 0.5) is 10.5 Å². The number of amides is 4. The largest absolute Gasteiger partial charge is 0.426 e. The number of carbonyl (C=O) groups excluding carboxylic acids is 5. The third-order valence-electron chi connectivity index (χ3n) is 5.93. The molecule has 0 bridgehead atoms. The Hall–Kier alpha value is -4.68. The van der Waals surface area contributed by atoms with Crippen molar-refractivity contribution in [1.29, 1.82) is 0 Å². The number of carbonyl (C=O) groups is 5. The van der Waals surface area contributed by atoms with Gasteiger partial charge in [-0.3, -0.25) is 14.4 Å². The summed E-state index contributed by atoms with van der Waals surface area (Å²) in [7, 11) is 1.69. The second-order valence-corrected chi connectivity index (χ2v) is 8.94. The Labute approximate surface area is 232 Å². The van der Waals surface area contributed by atoms with Gasteiger partial charge in [0.15, 0.2) is 0 Å². The van der Waals surface area contributed by atoms with Crippen molar-refractivity contribution in [3.8, 4) is 0 Å². The van der Waals surface area contributed by atoms with Crippen molar-refractivity contribution in [2.75, 3.05) is 19.9 Å². The Bertz CT molecular complexity index is 1300. The number of aryl methyl sites for hydroxylation is 2. The number of ether oxygens (including phenoxy) is 2. The Morgan fingerprint density at radius 2 is 1.88 bits per heavy atom. The van der Waals surface area contributed by atoms with Crippen LogP contribution >= 0.6 is 0 Å². The lowest BCUT2D eigenvalue weighted by Gasteiger charge is -2.20. The maximum Gasteiger partial charge on any atom is 0.419 e. The molecule has 0 saturated heterocycles. The number of nitrogens with two attached hydrogens (primary N) is 1. The summed E-state index contributed by atoms with van der Waals surface area (Å²) >= 11 is 0. The quantitative estimate of drug-likeness (QED) is 0.117. The second kappa shape index (κ2) is 14.5. The summed E-state index contributed by atoms with van der Waals surface area (Å²) in [6.45, 7) is 8.33. The molecule has 1 atom stereocenters. The van der Waals surface area contributed by atoms with Crippen molar-refractivity contribution in [3.05, 3.63) is 52.3 Å². The molecule has 0 aliphatic heterocycles. The molecule has 2 rings (SSSR count). The third-order valence-corrected chi connectivity index (χ3v) is 5.93. The van der Waals surface area contributed by atoms with Gasteiger partial charge < -0.3 is 30.4 Å². The number of amidine groups is 1. The molecule has 13 heteroatoms. The van der Waals surface area contributed by atoms with Gasteiger partial charge in [-0.1, -0.05) is 13.0 Å². The normalized spacial score (nSPS) is 11.8. The molecule has 0 radical (unpaired) electrons. The lowest BCUT2D eigenvalue weighted by molar-refractivity contribution is -0.154. The smallest absolute Gasteiger partial charge is 0.419 e. The average molecular weight is 557 g/mol. The van der Waals surface area contributed by atoms with E-state index in [1.165, 1.54) is 13.1 Å². The monoisotopic (exact) mass is 556 g/mol. The van der Waals surface area contributed by atoms with Crippen LogP contribution in [-0.2, 0) is 26.1 Å². The van der Waals surface area contributed by atoms with Gasteiger partial charge in [0.1, 0.15) is 11.9 Å². The standard InChI is InChI=1S/C27H36N6O7/c1-7-11-33(27(38)40-15-39-26(37)18(5)30-14-34)25(36)20-13-32(6)22(17(20)4)23(28)31-21-12-19(10-9-16(21)3)24(35)29-8-2/h9-10,12-14,18H,7-8,11,15H2,1-6H3,(H2,28,31)(H,29,35)(H,30,34). The molecule has 1 heterocycles. The van der Waals surface area contributed by atoms with E-state index in [4.69, 9.17) is 15.2 Å². The highest BCUT2D eigenvalue weighted by molar-refractivity contribution is 6.07. The van der Waals surface area contributed by atoms with Gasteiger partial charge in [0, 0.05) is 31.9 Å². The number of nitrogens with zero attached hydrogens (tertiary/aromatic N) is 3. The summed E-state index contributed by atoms with van der Waals surface area (Å²) in [5.74, 6) is -1.55. The Balaban J connectivity index is 2.29. The minimum Gasteiger partial charge on any atom is -0.426 e. The molecule has 1 aromatic heterocycles. The average Bonchev–Trinajstić information content (AvgIpc) is 3.21. The maximum absolute atomic E-state index is 13.4. The van der Waals surface area contributed by atoms with Crippen molar-refractivity contribution < 1.29 is 33.4 Å². The Morgan fingerprint density at radius 1 is 1.18 bits per heavy atom. The van der Waals surface area contributed by atoms with Crippen LogP contribution in [0.15, 0.2) is 29.4 Å². The molecule has 2 aromatic rings. The first kappa shape index (κ1) is 31.5. The topological polar surface area (TPSA) is 174 Å². The highest BCUT2D eigenvalue weighted by Gasteiger charge is 2.28. The molecular weight excluding hydrogens is 520 g/mol. The lowest BCUT2D eigenvalue weighted by Crippen LogP contribution is -2.39. The van der Waals surface area contributed by atoms with Crippen LogP contribution in [0, 0.1) is 13.8 Å². The van der Waals surface area contributed by atoms with Crippen LogP contribution in [0.2, 0.25) is 0 Å². The van der Waals surface area contributed by atoms with Crippen molar-refractivity contribution >= 4 is 41.8 Å². The lowest BCUT2D eigenvalue weighted by atomic mass is 10.1. The number of esters is 1. The molecule has 4 amide bonds. The highest BCUT2D eigenvalue weighted by Crippen LogP contribution is 2.24. The van der Waals surface area contributed by atoms with Gasteiger partial charge in [0.25, 0.3) is 11.8 Å². The molecule has 40 heavy (non-hydrogen) atoms. The molecule has 0 fully saturated rings. The molecule has 4 N–H and O–H groups in total. The Morgan fingerprint density at radius 3 is 2.50 bits per heavy atom. The van der Waals surface area contributed by atoms with E-state index >= 15 is 0 Å². The van der Waals surface area contributed by atoms with Crippen LogP contribution < -0.4 is 16.4 Å². The number of imide groups is 1. The molecule has 13 nitrogen and oxygen atoms in total. The van der Waals surface area contributed by atoms with Crippen molar-refractivity contribution in [3.63, 3.8) is 0 Å². The van der Waals surface area contributed by atoms with E-state index in [0.29, 0.717) is 41.9 Å². The highest BCUT2D eigenvalue weighted by atomic mass is 16.7. The van der Waals surface area contributed by atoms with E-state index in [0.717, 1.165) is 10.5 Å². The number of aliphatic imine (C=N–C) groups is 1. The van der Waals surface area contributed by atoms with Gasteiger partial charge in [0.2, 0.25) is 13.2 Å². The van der Waals surface area contributed by atoms with E-state index in [-0.39, 0.29) is 23.9 Å². The van der Waals surface area contributed by atoms with E-state index in [1.54, 1.807) is 43.7 Å². The fourth-order valence-electron chi connectivity index (χ4n) is 3.81. The zero-order chi connectivity index (χ0) is 30.0. The fourth-order valence-corrected chi connectivity index (χ4v) is 3.81. The molecule has 216 valence electrons. The zero-order valence-electron chi connectivity index (χ0n) is 23.6. The maximum atomic E-state index is 13.4. The van der Waals surface area contributed by atoms with Crippen LogP contribution in [0.5, 0.6) is 0 Å².